The van der Waals surface area contributed by atoms with Gasteiger partial charge in [-0.1, -0.05) is 12.1 Å². The molecule has 3 aromatic rings. The van der Waals surface area contributed by atoms with Gasteiger partial charge in [-0.3, -0.25) is 4.79 Å². The van der Waals surface area contributed by atoms with Crippen molar-refractivity contribution in [2.24, 2.45) is 15.9 Å². The summed E-state index contributed by atoms with van der Waals surface area (Å²) in [6, 6.07) is 14.8. The summed E-state index contributed by atoms with van der Waals surface area (Å²) in [7, 11) is -0.0793. The Morgan fingerprint density at radius 2 is 1.83 bits per heavy atom. The topological polar surface area (TPSA) is 137 Å². The van der Waals surface area contributed by atoms with Crippen LogP contribution in [0.1, 0.15) is 10.5 Å². The Kier molecular flexibility index (Phi) is 5.48. The Bertz CT molecular complexity index is 1180. The molecule has 0 spiro atoms. The minimum absolute atomic E-state index is 0.0231. The maximum Gasteiger partial charge on any atom is 0.269 e. The van der Waals surface area contributed by atoms with Crippen molar-refractivity contribution in [1.82, 2.24) is 14.7 Å². The van der Waals surface area contributed by atoms with Gasteiger partial charge in [0.1, 0.15) is 0 Å². The third kappa shape index (κ3) is 4.68. The lowest BCUT2D eigenvalue weighted by Gasteiger charge is -2.09. The summed E-state index contributed by atoms with van der Waals surface area (Å²) < 4.78 is 24.5. The number of benzene rings is 2. The zero-order valence-electron chi connectivity index (χ0n) is 15.9. The highest BCUT2D eigenvalue weighted by atomic mass is 32.2. The van der Waals surface area contributed by atoms with E-state index in [9.17, 15) is 13.2 Å². The van der Waals surface area contributed by atoms with Crippen molar-refractivity contribution in [3.8, 4) is 16.9 Å². The molecule has 0 aliphatic rings. The van der Waals surface area contributed by atoms with E-state index in [0.29, 0.717) is 17.1 Å². The van der Waals surface area contributed by atoms with Gasteiger partial charge in [-0.15, -0.1) is 0 Å². The van der Waals surface area contributed by atoms with Crippen LogP contribution in [0.3, 0.4) is 0 Å². The lowest BCUT2D eigenvalue weighted by atomic mass is 10.1. The number of hydrogen-bond acceptors (Lipinski definition) is 5. The van der Waals surface area contributed by atoms with Crippen molar-refractivity contribution in [3.05, 3.63) is 60.3 Å². The van der Waals surface area contributed by atoms with Crippen molar-refractivity contribution in [2.75, 3.05) is 14.1 Å². The largest absolute Gasteiger partial charge is 0.369 e. The molecule has 1 heterocycles. The first-order valence-corrected chi connectivity index (χ1v) is 10.0. The van der Waals surface area contributed by atoms with Crippen LogP contribution in [0, 0.1) is 0 Å². The normalized spacial score (nSPS) is 11.7. The van der Waals surface area contributed by atoms with Gasteiger partial charge in [0.05, 0.1) is 28.3 Å². The predicted molar refractivity (Wildman–Crippen MR) is 111 cm³/mol. The van der Waals surface area contributed by atoms with E-state index in [1.165, 1.54) is 16.8 Å². The van der Waals surface area contributed by atoms with E-state index in [2.05, 4.69) is 10.1 Å². The Balaban J connectivity index is 2.11. The molecule has 0 bridgehead atoms. The van der Waals surface area contributed by atoms with Crippen LogP contribution in [0.2, 0.25) is 0 Å². The summed E-state index contributed by atoms with van der Waals surface area (Å²) in [4.78, 5) is 17.8. The average Bonchev–Trinajstić information content (AvgIpc) is 3.12. The molecule has 4 N–H and O–H groups in total. The van der Waals surface area contributed by atoms with Crippen LogP contribution < -0.4 is 10.9 Å². The molecule has 0 atom stereocenters. The molecule has 0 radical (unpaired) electrons. The number of aliphatic imine (C=N–C) groups is 1. The fourth-order valence-corrected chi connectivity index (χ4v) is 3.12. The number of rotatable bonds is 6. The van der Waals surface area contributed by atoms with Gasteiger partial charge < -0.3 is 10.6 Å². The Labute approximate surface area is 168 Å². The van der Waals surface area contributed by atoms with Gasteiger partial charge >= 0.3 is 0 Å². The fraction of sp³-hybridized carbons (Fsp3) is 0.105. The van der Waals surface area contributed by atoms with E-state index in [4.69, 9.17) is 10.9 Å². The average molecular weight is 412 g/mol. The minimum Gasteiger partial charge on any atom is -0.369 e. The minimum atomic E-state index is -3.81. The van der Waals surface area contributed by atoms with E-state index >= 15 is 0 Å². The molecule has 3 rings (SSSR count). The first kappa shape index (κ1) is 20.2. The molecular weight excluding hydrogens is 392 g/mol. The second-order valence-corrected chi connectivity index (χ2v) is 8.05. The number of primary sulfonamides is 1. The quantitative estimate of drug-likeness (QED) is 0.467. The number of sulfonamides is 1. The SMILES string of the molecule is CN(C)C=Nc1cccc(-c2cc(C(N)=O)nn2-c2ccc(S(N)(=O)=O)cc2)c1. The van der Waals surface area contributed by atoms with Gasteiger partial charge in [-0.25, -0.2) is 23.2 Å². The summed E-state index contributed by atoms with van der Waals surface area (Å²) in [5.41, 5.74) is 8.11. The zero-order chi connectivity index (χ0) is 21.2. The van der Waals surface area contributed by atoms with Crippen LogP contribution in [0.25, 0.3) is 16.9 Å². The van der Waals surface area contributed by atoms with Crippen molar-refractivity contribution < 1.29 is 13.2 Å². The van der Waals surface area contributed by atoms with Crippen molar-refractivity contribution in [3.63, 3.8) is 0 Å². The Morgan fingerprint density at radius 1 is 1.14 bits per heavy atom. The summed E-state index contributed by atoms with van der Waals surface area (Å²) in [6.45, 7) is 0. The molecule has 10 heteroatoms. The van der Waals surface area contributed by atoms with Gasteiger partial charge in [-0.05, 0) is 42.5 Å². The molecule has 1 amide bonds. The van der Waals surface area contributed by atoms with Crippen LogP contribution >= 0.6 is 0 Å². The Hall–Kier alpha value is -3.50. The molecule has 1 aromatic heterocycles. The lowest BCUT2D eigenvalue weighted by molar-refractivity contribution is 0.0995. The van der Waals surface area contributed by atoms with Gasteiger partial charge in [-0.2, -0.15) is 5.10 Å². The van der Waals surface area contributed by atoms with Crippen LogP contribution in [0.4, 0.5) is 5.69 Å². The number of hydrogen-bond donors (Lipinski definition) is 2. The highest BCUT2D eigenvalue weighted by Crippen LogP contribution is 2.27. The second-order valence-electron chi connectivity index (χ2n) is 6.49. The van der Waals surface area contributed by atoms with E-state index in [1.54, 1.807) is 24.5 Å². The molecule has 2 aromatic carbocycles. The van der Waals surface area contributed by atoms with E-state index in [-0.39, 0.29) is 10.6 Å². The number of nitrogens with two attached hydrogens (primary N) is 2. The number of primary amides is 1. The standard InChI is InChI=1S/C19H20N6O3S/c1-24(2)12-22-14-5-3-4-13(10-14)18-11-17(19(20)26)23-25(18)15-6-8-16(9-7-15)29(21,27)28/h3-12H,1-2H3,(H2,20,26)(H2,21,27,28). The van der Waals surface area contributed by atoms with Gasteiger partial charge in [0.15, 0.2) is 5.69 Å². The maximum atomic E-state index is 11.7. The summed E-state index contributed by atoms with van der Waals surface area (Å²) in [6.07, 6.45) is 1.68. The number of nitrogens with zero attached hydrogens (tertiary/aromatic N) is 4. The van der Waals surface area contributed by atoms with Gasteiger partial charge in [0.25, 0.3) is 5.91 Å². The highest BCUT2D eigenvalue weighted by molar-refractivity contribution is 7.89. The summed E-state index contributed by atoms with van der Waals surface area (Å²) in [5, 5.41) is 9.42. The third-order valence-corrected chi connectivity index (χ3v) is 4.88. The molecule has 0 fully saturated rings. The van der Waals surface area contributed by atoms with Crippen LogP contribution in [0.15, 0.2) is 64.5 Å². The van der Waals surface area contributed by atoms with Crippen molar-refractivity contribution in [1.29, 1.82) is 0 Å². The molecule has 0 unspecified atom stereocenters. The van der Waals surface area contributed by atoms with E-state index in [0.717, 1.165) is 5.56 Å². The summed E-state index contributed by atoms with van der Waals surface area (Å²) >= 11 is 0. The van der Waals surface area contributed by atoms with Gasteiger partial charge in [0.2, 0.25) is 10.0 Å². The first-order valence-electron chi connectivity index (χ1n) is 8.49. The molecule has 0 aliphatic carbocycles. The zero-order valence-corrected chi connectivity index (χ0v) is 16.7. The molecule has 29 heavy (non-hydrogen) atoms. The van der Waals surface area contributed by atoms with Crippen molar-refractivity contribution >= 4 is 28.0 Å². The Morgan fingerprint density at radius 3 is 2.41 bits per heavy atom. The van der Waals surface area contributed by atoms with Crippen LogP contribution in [-0.2, 0) is 10.0 Å². The molecular formula is C19H20N6O3S. The predicted octanol–water partition coefficient (Wildman–Crippen LogP) is 1.51. The monoisotopic (exact) mass is 412 g/mol. The van der Waals surface area contributed by atoms with Crippen LogP contribution in [0.5, 0.6) is 0 Å². The highest BCUT2D eigenvalue weighted by Gasteiger charge is 2.16. The molecule has 0 aliphatic heterocycles. The smallest absolute Gasteiger partial charge is 0.269 e. The maximum absolute atomic E-state index is 11.7. The van der Waals surface area contributed by atoms with Crippen molar-refractivity contribution in [2.45, 2.75) is 4.90 Å². The first-order chi connectivity index (χ1) is 13.6. The van der Waals surface area contributed by atoms with Crippen LogP contribution in [-0.4, -0.2) is 49.4 Å². The second kappa shape index (κ2) is 7.86. The number of amides is 1. The fourth-order valence-electron chi connectivity index (χ4n) is 2.61. The van der Waals surface area contributed by atoms with Gasteiger partial charge in [0, 0.05) is 19.7 Å². The number of carbonyl (C=O) groups is 1. The van der Waals surface area contributed by atoms with E-state index < -0.39 is 15.9 Å². The lowest BCUT2D eigenvalue weighted by Crippen LogP contribution is -2.13. The third-order valence-electron chi connectivity index (χ3n) is 3.95. The van der Waals surface area contributed by atoms with E-state index in [1.807, 2.05) is 43.3 Å². The molecule has 150 valence electrons. The molecule has 0 saturated heterocycles. The molecule has 0 saturated carbocycles. The number of aromatic nitrogens is 2. The molecule has 9 nitrogen and oxygen atoms in total. The summed E-state index contributed by atoms with van der Waals surface area (Å²) in [5.74, 6) is -0.673. The number of carbonyl (C=O) groups excluding carboxylic acids is 1.